The molecule has 2 unspecified atom stereocenters. The molecule has 2 atom stereocenters. The molecule has 110 valence electrons. The maximum atomic E-state index is 3.72. The molecule has 0 aliphatic heterocycles. The first kappa shape index (κ1) is 15.1. The Morgan fingerprint density at radius 2 is 1.95 bits per heavy atom. The summed E-state index contributed by atoms with van der Waals surface area (Å²) in [6.45, 7) is 7.98. The number of rotatable bonds is 8. The van der Waals surface area contributed by atoms with Crippen LogP contribution in [0, 0.1) is 5.92 Å². The van der Waals surface area contributed by atoms with Gasteiger partial charge in [-0.2, -0.15) is 0 Å². The molecule has 0 spiro atoms. The van der Waals surface area contributed by atoms with Gasteiger partial charge in [0.05, 0.1) is 0 Å². The van der Waals surface area contributed by atoms with Crippen molar-refractivity contribution in [3.05, 3.63) is 36.0 Å². The summed E-state index contributed by atoms with van der Waals surface area (Å²) in [5.41, 5.74) is 2.67. The normalized spacial score (nSPS) is 14.6. The van der Waals surface area contributed by atoms with E-state index in [1.807, 2.05) is 0 Å². The zero-order valence-corrected chi connectivity index (χ0v) is 13.1. The number of hydrogen-bond donors (Lipinski definition) is 2. The third-order valence-corrected chi connectivity index (χ3v) is 4.38. The van der Waals surface area contributed by atoms with E-state index in [1.54, 1.807) is 0 Å². The number of nitrogens with one attached hydrogen (secondary N) is 2. The standard InChI is InChI=1S/C18H28N2/c1-4-14(3)12-16(5-2)19-11-10-15-13-20-18-9-7-6-8-17(15)18/h6-9,13-14,16,19-20H,4-5,10-12H2,1-3H3. The van der Waals surface area contributed by atoms with Gasteiger partial charge in [0.15, 0.2) is 0 Å². The number of H-pyrrole nitrogens is 1. The molecule has 1 heterocycles. The molecule has 0 aliphatic carbocycles. The molecular weight excluding hydrogens is 244 g/mol. The highest BCUT2D eigenvalue weighted by atomic mass is 14.9. The van der Waals surface area contributed by atoms with Gasteiger partial charge in [-0.15, -0.1) is 0 Å². The van der Waals surface area contributed by atoms with Gasteiger partial charge in [0.25, 0.3) is 0 Å². The van der Waals surface area contributed by atoms with Crippen LogP contribution < -0.4 is 5.32 Å². The Labute approximate surface area is 123 Å². The molecule has 20 heavy (non-hydrogen) atoms. The molecule has 2 nitrogen and oxygen atoms in total. The van der Waals surface area contributed by atoms with E-state index in [0.717, 1.165) is 18.9 Å². The number of aromatic amines is 1. The fourth-order valence-corrected chi connectivity index (χ4v) is 2.80. The molecule has 0 bridgehead atoms. The van der Waals surface area contributed by atoms with Crippen molar-refractivity contribution in [1.82, 2.24) is 10.3 Å². The predicted octanol–water partition coefficient (Wildman–Crippen LogP) is 4.51. The molecular formula is C18H28N2. The second-order valence-electron chi connectivity index (χ2n) is 5.92. The van der Waals surface area contributed by atoms with E-state index in [-0.39, 0.29) is 0 Å². The fraction of sp³-hybridized carbons (Fsp3) is 0.556. The van der Waals surface area contributed by atoms with E-state index in [1.165, 1.54) is 35.7 Å². The highest BCUT2D eigenvalue weighted by Gasteiger charge is 2.10. The number of aromatic nitrogens is 1. The van der Waals surface area contributed by atoms with Crippen LogP contribution in [0.2, 0.25) is 0 Å². The van der Waals surface area contributed by atoms with Crippen molar-refractivity contribution >= 4 is 10.9 Å². The van der Waals surface area contributed by atoms with Crippen LogP contribution in [-0.4, -0.2) is 17.6 Å². The smallest absolute Gasteiger partial charge is 0.0456 e. The Hall–Kier alpha value is -1.28. The van der Waals surface area contributed by atoms with Gasteiger partial charge in [-0.3, -0.25) is 0 Å². The van der Waals surface area contributed by atoms with E-state index in [0.29, 0.717) is 6.04 Å². The lowest BCUT2D eigenvalue weighted by molar-refractivity contribution is 0.387. The zero-order chi connectivity index (χ0) is 14.4. The lowest BCUT2D eigenvalue weighted by Gasteiger charge is -2.20. The minimum absolute atomic E-state index is 0.662. The molecule has 2 aromatic rings. The lowest BCUT2D eigenvalue weighted by atomic mass is 9.97. The zero-order valence-electron chi connectivity index (χ0n) is 13.1. The molecule has 0 fully saturated rings. The first-order valence-electron chi connectivity index (χ1n) is 8.03. The van der Waals surface area contributed by atoms with Crippen LogP contribution in [0.3, 0.4) is 0 Å². The Morgan fingerprint density at radius 3 is 2.70 bits per heavy atom. The van der Waals surface area contributed by atoms with Crippen molar-refractivity contribution in [3.63, 3.8) is 0 Å². The van der Waals surface area contributed by atoms with Gasteiger partial charge in [0.2, 0.25) is 0 Å². The third-order valence-electron chi connectivity index (χ3n) is 4.38. The Bertz CT molecular complexity index is 515. The highest BCUT2D eigenvalue weighted by Crippen LogP contribution is 2.18. The molecule has 0 saturated carbocycles. The van der Waals surface area contributed by atoms with Gasteiger partial charge < -0.3 is 10.3 Å². The van der Waals surface area contributed by atoms with Gasteiger partial charge in [-0.1, -0.05) is 45.4 Å². The molecule has 1 aromatic heterocycles. The first-order chi connectivity index (χ1) is 9.74. The molecule has 0 aliphatic rings. The van der Waals surface area contributed by atoms with Gasteiger partial charge in [-0.05, 0) is 43.4 Å². The van der Waals surface area contributed by atoms with E-state index in [2.05, 4.69) is 61.5 Å². The maximum absolute atomic E-state index is 3.72. The third kappa shape index (κ3) is 3.86. The summed E-state index contributed by atoms with van der Waals surface area (Å²) in [7, 11) is 0. The van der Waals surface area contributed by atoms with Crippen LogP contribution in [0.4, 0.5) is 0 Å². The van der Waals surface area contributed by atoms with Crippen molar-refractivity contribution in [2.75, 3.05) is 6.54 Å². The molecule has 0 radical (unpaired) electrons. The summed E-state index contributed by atoms with van der Waals surface area (Å²) < 4.78 is 0. The Balaban J connectivity index is 1.85. The van der Waals surface area contributed by atoms with E-state index in [4.69, 9.17) is 0 Å². The number of hydrogen-bond acceptors (Lipinski definition) is 1. The molecule has 0 amide bonds. The van der Waals surface area contributed by atoms with Crippen LogP contribution >= 0.6 is 0 Å². The van der Waals surface area contributed by atoms with E-state index < -0.39 is 0 Å². The van der Waals surface area contributed by atoms with Crippen LogP contribution in [-0.2, 0) is 6.42 Å². The van der Waals surface area contributed by atoms with Crippen LogP contribution in [0.15, 0.2) is 30.5 Å². The highest BCUT2D eigenvalue weighted by molar-refractivity contribution is 5.83. The Morgan fingerprint density at radius 1 is 1.15 bits per heavy atom. The van der Waals surface area contributed by atoms with Crippen molar-refractivity contribution in [2.24, 2.45) is 5.92 Å². The average molecular weight is 272 g/mol. The van der Waals surface area contributed by atoms with Crippen LogP contribution in [0.5, 0.6) is 0 Å². The maximum Gasteiger partial charge on any atom is 0.0456 e. The second-order valence-corrected chi connectivity index (χ2v) is 5.92. The topological polar surface area (TPSA) is 27.8 Å². The van der Waals surface area contributed by atoms with Crippen molar-refractivity contribution in [1.29, 1.82) is 0 Å². The fourth-order valence-electron chi connectivity index (χ4n) is 2.80. The summed E-state index contributed by atoms with van der Waals surface area (Å²) in [4.78, 5) is 3.35. The van der Waals surface area contributed by atoms with Gasteiger partial charge in [0, 0.05) is 23.1 Å². The summed E-state index contributed by atoms with van der Waals surface area (Å²) >= 11 is 0. The quantitative estimate of drug-likeness (QED) is 0.727. The van der Waals surface area contributed by atoms with Crippen LogP contribution in [0.25, 0.3) is 10.9 Å². The summed E-state index contributed by atoms with van der Waals surface area (Å²) in [5, 5.41) is 5.09. The van der Waals surface area contributed by atoms with Crippen molar-refractivity contribution < 1.29 is 0 Å². The van der Waals surface area contributed by atoms with Crippen molar-refractivity contribution in [3.8, 4) is 0 Å². The van der Waals surface area contributed by atoms with Gasteiger partial charge in [-0.25, -0.2) is 0 Å². The number of para-hydroxylation sites is 1. The van der Waals surface area contributed by atoms with Gasteiger partial charge in [0.1, 0.15) is 0 Å². The summed E-state index contributed by atoms with van der Waals surface area (Å²) in [5.74, 6) is 0.820. The first-order valence-corrected chi connectivity index (χ1v) is 8.03. The molecule has 2 heteroatoms. The number of fused-ring (bicyclic) bond motifs is 1. The predicted molar refractivity (Wildman–Crippen MR) is 88.2 cm³/mol. The lowest BCUT2D eigenvalue weighted by Crippen LogP contribution is -2.31. The van der Waals surface area contributed by atoms with Crippen LogP contribution in [0.1, 0.15) is 45.6 Å². The number of benzene rings is 1. The monoisotopic (exact) mass is 272 g/mol. The molecule has 2 rings (SSSR count). The minimum Gasteiger partial charge on any atom is -0.361 e. The Kier molecular flexibility index (Phi) is 5.66. The van der Waals surface area contributed by atoms with E-state index >= 15 is 0 Å². The SMILES string of the molecule is CCC(C)CC(CC)NCCc1c[nH]c2ccccc12. The van der Waals surface area contributed by atoms with Gasteiger partial charge >= 0.3 is 0 Å². The molecule has 2 N–H and O–H groups in total. The summed E-state index contributed by atoms with van der Waals surface area (Å²) in [6, 6.07) is 9.21. The molecule has 1 aromatic carbocycles. The molecule has 0 saturated heterocycles. The van der Waals surface area contributed by atoms with E-state index in [9.17, 15) is 0 Å². The van der Waals surface area contributed by atoms with Crippen molar-refractivity contribution in [2.45, 2.75) is 52.5 Å². The second kappa shape index (κ2) is 7.49. The minimum atomic E-state index is 0.662. The average Bonchev–Trinajstić information content (AvgIpc) is 2.89. The largest absolute Gasteiger partial charge is 0.361 e. The summed E-state index contributed by atoms with van der Waals surface area (Å²) in [6.07, 6.45) is 7.04.